The van der Waals surface area contributed by atoms with Crippen molar-refractivity contribution in [2.75, 3.05) is 5.73 Å². The van der Waals surface area contributed by atoms with E-state index in [-0.39, 0.29) is 11.5 Å². The number of hydrogen-bond acceptors (Lipinski definition) is 5. The third-order valence-corrected chi connectivity index (χ3v) is 5.26. The zero-order valence-corrected chi connectivity index (χ0v) is 16.9. The molecule has 3 aromatic rings. The zero-order chi connectivity index (χ0) is 21.1. The maximum Gasteiger partial charge on any atom is 0.356 e. The molecule has 0 atom stereocenters. The average molecular weight is 422 g/mol. The molecule has 0 spiro atoms. The predicted octanol–water partition coefficient (Wildman–Crippen LogP) is 5.08. The maximum atomic E-state index is 11.4. The minimum absolute atomic E-state index is 0.135. The Kier molecular flexibility index (Phi) is 5.68. The first-order valence-corrected chi connectivity index (χ1v) is 9.95. The van der Waals surface area contributed by atoms with Crippen LogP contribution in [0.15, 0.2) is 54.7 Å². The van der Waals surface area contributed by atoms with Crippen molar-refractivity contribution in [2.24, 2.45) is 0 Å². The fourth-order valence-electron chi connectivity index (χ4n) is 3.63. The van der Waals surface area contributed by atoms with Gasteiger partial charge in [-0.3, -0.25) is 0 Å². The maximum absolute atomic E-state index is 11.4. The van der Waals surface area contributed by atoms with Crippen LogP contribution in [0.25, 0.3) is 11.1 Å². The Bertz CT molecular complexity index is 1130. The Hall–Kier alpha value is -3.38. The number of rotatable bonds is 6. The summed E-state index contributed by atoms with van der Waals surface area (Å²) in [6.07, 6.45) is 3.58. The summed E-state index contributed by atoms with van der Waals surface area (Å²) in [5, 5.41) is 9.88. The summed E-state index contributed by atoms with van der Waals surface area (Å²) in [7, 11) is 0. The third-order valence-electron chi connectivity index (χ3n) is 5.03. The standard InChI is InChI=1S/C23H20ClN3O3/c24-15-9-10-20(30-13-14-5-2-1-3-6-14)18(11-15)16-7-4-8-17(16)21-22(25)26-12-19(27-21)23(28)29/h1-3,5-6,9-12H,4,7-8,13H2,(H2,25,26)(H,28,29). The second-order valence-corrected chi connectivity index (χ2v) is 7.46. The van der Waals surface area contributed by atoms with Crippen LogP contribution in [-0.2, 0) is 6.61 Å². The number of ether oxygens (including phenoxy) is 1. The minimum atomic E-state index is -1.14. The Balaban J connectivity index is 1.76. The van der Waals surface area contributed by atoms with Crippen molar-refractivity contribution in [1.82, 2.24) is 9.97 Å². The van der Waals surface area contributed by atoms with Crippen LogP contribution >= 0.6 is 11.6 Å². The predicted molar refractivity (Wildman–Crippen MR) is 116 cm³/mol. The van der Waals surface area contributed by atoms with E-state index in [1.807, 2.05) is 42.5 Å². The second-order valence-electron chi connectivity index (χ2n) is 7.02. The molecule has 0 amide bonds. The van der Waals surface area contributed by atoms with Gasteiger partial charge < -0.3 is 15.6 Å². The van der Waals surface area contributed by atoms with Crippen molar-refractivity contribution >= 4 is 34.5 Å². The third kappa shape index (κ3) is 4.14. The molecule has 30 heavy (non-hydrogen) atoms. The lowest BCUT2D eigenvalue weighted by Crippen LogP contribution is -2.08. The van der Waals surface area contributed by atoms with Crippen LogP contribution < -0.4 is 10.5 Å². The van der Waals surface area contributed by atoms with Crippen LogP contribution in [0, 0.1) is 0 Å². The molecule has 6 nitrogen and oxygen atoms in total. The van der Waals surface area contributed by atoms with E-state index in [9.17, 15) is 9.90 Å². The number of carboxylic acids is 1. The van der Waals surface area contributed by atoms with Gasteiger partial charge in [0.1, 0.15) is 23.9 Å². The molecule has 0 fully saturated rings. The van der Waals surface area contributed by atoms with E-state index in [4.69, 9.17) is 22.1 Å². The first-order chi connectivity index (χ1) is 14.5. The number of aromatic nitrogens is 2. The SMILES string of the molecule is Nc1ncc(C(=O)O)nc1C1=C(c2cc(Cl)ccc2OCc2ccccc2)CCC1. The van der Waals surface area contributed by atoms with Gasteiger partial charge in [0.15, 0.2) is 5.69 Å². The molecule has 7 heteroatoms. The van der Waals surface area contributed by atoms with Crippen molar-refractivity contribution in [3.8, 4) is 5.75 Å². The molecular formula is C23H20ClN3O3. The number of anilines is 1. The van der Waals surface area contributed by atoms with Crippen molar-refractivity contribution in [2.45, 2.75) is 25.9 Å². The van der Waals surface area contributed by atoms with Gasteiger partial charge in [0.05, 0.1) is 6.20 Å². The topological polar surface area (TPSA) is 98.3 Å². The summed E-state index contributed by atoms with van der Waals surface area (Å²) >= 11 is 6.30. The van der Waals surface area contributed by atoms with E-state index in [2.05, 4.69) is 9.97 Å². The highest BCUT2D eigenvalue weighted by Gasteiger charge is 2.24. The normalized spacial score (nSPS) is 13.5. The summed E-state index contributed by atoms with van der Waals surface area (Å²) < 4.78 is 6.11. The van der Waals surface area contributed by atoms with Gasteiger partial charge in [-0.15, -0.1) is 0 Å². The molecule has 0 saturated heterocycles. The van der Waals surface area contributed by atoms with Gasteiger partial charge in [0, 0.05) is 10.6 Å². The quantitative estimate of drug-likeness (QED) is 0.575. The van der Waals surface area contributed by atoms with Crippen molar-refractivity contribution in [3.05, 3.63) is 82.3 Å². The van der Waals surface area contributed by atoms with Gasteiger partial charge in [0.2, 0.25) is 0 Å². The van der Waals surface area contributed by atoms with Crippen LogP contribution in [0.4, 0.5) is 5.82 Å². The molecule has 0 saturated carbocycles. The van der Waals surface area contributed by atoms with Crippen LogP contribution in [0.3, 0.4) is 0 Å². The highest BCUT2D eigenvalue weighted by Crippen LogP contribution is 2.44. The van der Waals surface area contributed by atoms with Gasteiger partial charge in [0.25, 0.3) is 0 Å². The summed E-state index contributed by atoms with van der Waals surface area (Å²) in [5.74, 6) is -0.222. The van der Waals surface area contributed by atoms with E-state index in [0.717, 1.165) is 41.5 Å². The number of benzene rings is 2. The Labute approximate surface area is 179 Å². The van der Waals surface area contributed by atoms with E-state index in [0.29, 0.717) is 23.1 Å². The number of allylic oxidation sites excluding steroid dienone is 2. The summed E-state index contributed by atoms with van der Waals surface area (Å²) in [6.45, 7) is 0.425. The fourth-order valence-corrected chi connectivity index (χ4v) is 3.80. The molecule has 0 bridgehead atoms. The summed E-state index contributed by atoms with van der Waals surface area (Å²) in [5.41, 5.74) is 10.1. The number of carbonyl (C=O) groups is 1. The summed E-state index contributed by atoms with van der Waals surface area (Å²) in [4.78, 5) is 19.6. The first-order valence-electron chi connectivity index (χ1n) is 9.58. The molecule has 1 heterocycles. The van der Waals surface area contributed by atoms with Crippen molar-refractivity contribution < 1.29 is 14.6 Å². The zero-order valence-electron chi connectivity index (χ0n) is 16.1. The lowest BCUT2D eigenvalue weighted by atomic mass is 9.99. The van der Waals surface area contributed by atoms with Crippen LogP contribution in [-0.4, -0.2) is 21.0 Å². The molecular weight excluding hydrogens is 402 g/mol. The smallest absolute Gasteiger partial charge is 0.356 e. The molecule has 1 aliphatic carbocycles. The number of nitrogen functional groups attached to an aromatic ring is 1. The molecule has 0 radical (unpaired) electrons. The number of carboxylic acid groups (broad SMARTS) is 1. The summed E-state index contributed by atoms with van der Waals surface area (Å²) in [6, 6.07) is 15.4. The van der Waals surface area contributed by atoms with E-state index >= 15 is 0 Å². The van der Waals surface area contributed by atoms with E-state index in [1.165, 1.54) is 6.20 Å². The molecule has 2 aromatic carbocycles. The lowest BCUT2D eigenvalue weighted by Gasteiger charge is -2.15. The van der Waals surface area contributed by atoms with E-state index in [1.54, 1.807) is 6.07 Å². The number of nitrogens with two attached hydrogens (primary N) is 1. The molecule has 4 rings (SSSR count). The van der Waals surface area contributed by atoms with Crippen LogP contribution in [0.2, 0.25) is 5.02 Å². The lowest BCUT2D eigenvalue weighted by molar-refractivity contribution is 0.0690. The van der Waals surface area contributed by atoms with Gasteiger partial charge in [-0.1, -0.05) is 41.9 Å². The molecule has 152 valence electrons. The first kappa shape index (κ1) is 19.9. The highest BCUT2D eigenvalue weighted by molar-refractivity contribution is 6.30. The van der Waals surface area contributed by atoms with Gasteiger partial charge in [-0.05, 0) is 54.2 Å². The number of aromatic carboxylic acids is 1. The molecule has 3 N–H and O–H groups in total. The van der Waals surface area contributed by atoms with E-state index < -0.39 is 5.97 Å². The molecule has 1 aliphatic rings. The monoisotopic (exact) mass is 421 g/mol. The van der Waals surface area contributed by atoms with Gasteiger partial charge in [-0.25, -0.2) is 14.8 Å². The Morgan fingerprint density at radius 2 is 1.90 bits per heavy atom. The van der Waals surface area contributed by atoms with Crippen LogP contribution in [0.1, 0.15) is 46.6 Å². The minimum Gasteiger partial charge on any atom is -0.488 e. The molecule has 1 aromatic heterocycles. The van der Waals surface area contributed by atoms with Crippen LogP contribution in [0.5, 0.6) is 5.75 Å². The number of hydrogen-bond donors (Lipinski definition) is 2. The van der Waals surface area contributed by atoms with Gasteiger partial charge in [-0.2, -0.15) is 0 Å². The largest absolute Gasteiger partial charge is 0.488 e. The Morgan fingerprint density at radius 1 is 1.13 bits per heavy atom. The fraction of sp³-hybridized carbons (Fsp3) is 0.174. The second kappa shape index (κ2) is 8.55. The van der Waals surface area contributed by atoms with Crippen molar-refractivity contribution in [3.63, 3.8) is 0 Å². The number of halogens is 1. The molecule has 0 unspecified atom stereocenters. The average Bonchev–Trinajstić information content (AvgIpc) is 3.23. The molecule has 0 aliphatic heterocycles. The number of nitrogens with zero attached hydrogens (tertiary/aromatic N) is 2. The Morgan fingerprint density at radius 3 is 2.67 bits per heavy atom. The highest BCUT2D eigenvalue weighted by atomic mass is 35.5. The van der Waals surface area contributed by atoms with Crippen molar-refractivity contribution in [1.29, 1.82) is 0 Å². The van der Waals surface area contributed by atoms with Gasteiger partial charge >= 0.3 is 5.97 Å².